The average Bonchev–Trinajstić information content (AvgIpc) is 2.76. The number of halogens is 4. The van der Waals surface area contributed by atoms with Crippen LogP contribution in [-0.4, -0.2) is 58.4 Å². The van der Waals surface area contributed by atoms with E-state index in [2.05, 4.69) is 14.7 Å². The lowest BCUT2D eigenvalue weighted by Gasteiger charge is -2.37. The lowest BCUT2D eigenvalue weighted by atomic mass is 10.1. The molecule has 3 aromatic rings. The summed E-state index contributed by atoms with van der Waals surface area (Å²) in [6, 6.07) is 0.827. The van der Waals surface area contributed by atoms with Crippen molar-refractivity contribution in [1.29, 1.82) is 0 Å². The Morgan fingerprint density at radius 2 is 1.73 bits per heavy atom. The van der Waals surface area contributed by atoms with Crippen LogP contribution in [0.15, 0.2) is 29.5 Å². The highest BCUT2D eigenvalue weighted by molar-refractivity contribution is 5.97. The number of aromatic nitrogens is 3. The molecule has 1 fully saturated rings. The molecule has 174 valence electrons. The molecule has 1 saturated heterocycles. The summed E-state index contributed by atoms with van der Waals surface area (Å²) in [5.41, 5.74) is -2.09. The van der Waals surface area contributed by atoms with Gasteiger partial charge >= 0.3 is 12.6 Å². The number of hydrogen-bond acceptors (Lipinski definition) is 7. The number of anilines is 2. The Labute approximate surface area is 183 Å². The van der Waals surface area contributed by atoms with Crippen molar-refractivity contribution >= 4 is 28.5 Å². The number of carboxylic acids is 1. The van der Waals surface area contributed by atoms with Gasteiger partial charge in [0.25, 0.3) is 0 Å². The number of aromatic carboxylic acids is 1. The minimum Gasteiger partial charge on any atom is -0.477 e. The lowest BCUT2D eigenvalue weighted by Crippen LogP contribution is -2.47. The molecular weight excluding hydrogens is 450 g/mol. The molecule has 1 N–H and O–H groups in total. The molecule has 3 heterocycles. The molecule has 0 saturated carbocycles. The van der Waals surface area contributed by atoms with Crippen LogP contribution in [0, 0.1) is 11.6 Å². The normalized spacial score (nSPS) is 14.2. The number of pyridine rings is 1. The molecule has 1 aromatic carbocycles. The summed E-state index contributed by atoms with van der Waals surface area (Å²) in [6.45, 7) is -2.47. The molecule has 13 heteroatoms. The molecule has 2 aromatic heterocycles. The highest BCUT2D eigenvalue weighted by Gasteiger charge is 2.29. The lowest BCUT2D eigenvalue weighted by molar-refractivity contribution is -0.0488. The van der Waals surface area contributed by atoms with Crippen molar-refractivity contribution in [2.75, 3.05) is 36.0 Å². The summed E-state index contributed by atoms with van der Waals surface area (Å²) in [4.78, 5) is 34.9. The van der Waals surface area contributed by atoms with E-state index in [0.717, 1.165) is 29.2 Å². The van der Waals surface area contributed by atoms with Crippen molar-refractivity contribution in [3.8, 4) is 5.75 Å². The zero-order valence-electron chi connectivity index (χ0n) is 17.1. The molecule has 0 unspecified atom stereocenters. The standard InChI is InChI=1S/C20H17F4N5O4/c1-27-9-12(18(31)32)16(30)11-6-13(22)15(17(14(11)27)33-19(23)24)28-2-4-29(5-3-28)20-25-7-10(21)8-26-20/h6-9,19H,2-5H2,1H3,(H,31,32). The van der Waals surface area contributed by atoms with Crippen molar-refractivity contribution in [3.05, 3.63) is 52.1 Å². The van der Waals surface area contributed by atoms with Crippen molar-refractivity contribution in [3.63, 3.8) is 0 Å². The van der Waals surface area contributed by atoms with E-state index < -0.39 is 46.3 Å². The summed E-state index contributed by atoms with van der Waals surface area (Å²) in [5, 5.41) is 8.83. The van der Waals surface area contributed by atoms with E-state index in [1.165, 1.54) is 11.9 Å². The van der Waals surface area contributed by atoms with Gasteiger partial charge in [0, 0.05) is 39.4 Å². The number of hydrogen-bond donors (Lipinski definition) is 1. The van der Waals surface area contributed by atoms with E-state index in [-0.39, 0.29) is 43.3 Å². The molecule has 0 bridgehead atoms. The molecule has 1 aliphatic heterocycles. The first-order chi connectivity index (χ1) is 15.7. The predicted molar refractivity (Wildman–Crippen MR) is 109 cm³/mol. The number of aryl methyl sites for hydroxylation is 1. The molecular formula is C20H17F4N5O4. The highest BCUT2D eigenvalue weighted by atomic mass is 19.3. The number of fused-ring (bicyclic) bond motifs is 1. The number of ether oxygens (including phenoxy) is 1. The maximum atomic E-state index is 15.2. The fourth-order valence-electron chi connectivity index (χ4n) is 3.84. The third kappa shape index (κ3) is 4.13. The minimum absolute atomic E-state index is 0.157. The Balaban J connectivity index is 1.77. The Kier molecular flexibility index (Phi) is 5.78. The second-order valence-corrected chi connectivity index (χ2v) is 7.27. The van der Waals surface area contributed by atoms with Crippen LogP contribution in [0.3, 0.4) is 0 Å². The van der Waals surface area contributed by atoms with Gasteiger partial charge in [0.05, 0.1) is 23.3 Å². The Morgan fingerprint density at radius 1 is 1.12 bits per heavy atom. The fourth-order valence-corrected chi connectivity index (χ4v) is 3.84. The number of benzene rings is 1. The maximum absolute atomic E-state index is 15.2. The monoisotopic (exact) mass is 467 g/mol. The van der Waals surface area contributed by atoms with Gasteiger partial charge in [0.2, 0.25) is 11.4 Å². The minimum atomic E-state index is -3.32. The van der Waals surface area contributed by atoms with Crippen LogP contribution in [0.25, 0.3) is 10.9 Å². The summed E-state index contributed by atoms with van der Waals surface area (Å²) < 4.78 is 60.6. The van der Waals surface area contributed by atoms with Gasteiger partial charge in [0.1, 0.15) is 11.3 Å². The largest absolute Gasteiger partial charge is 0.477 e. The first-order valence-electron chi connectivity index (χ1n) is 9.68. The third-order valence-corrected chi connectivity index (χ3v) is 5.27. The van der Waals surface area contributed by atoms with E-state index in [1.54, 1.807) is 4.90 Å². The maximum Gasteiger partial charge on any atom is 0.387 e. The van der Waals surface area contributed by atoms with E-state index in [4.69, 9.17) is 0 Å². The van der Waals surface area contributed by atoms with Gasteiger partial charge in [-0.15, -0.1) is 0 Å². The summed E-state index contributed by atoms with van der Waals surface area (Å²) in [5.74, 6) is -3.44. The molecule has 33 heavy (non-hydrogen) atoms. The van der Waals surface area contributed by atoms with Gasteiger partial charge in [0.15, 0.2) is 17.4 Å². The molecule has 0 spiro atoms. The summed E-state index contributed by atoms with van der Waals surface area (Å²) in [7, 11) is 1.35. The number of nitrogens with zero attached hydrogens (tertiary/aromatic N) is 5. The van der Waals surface area contributed by atoms with Crippen LogP contribution in [0.1, 0.15) is 10.4 Å². The van der Waals surface area contributed by atoms with Gasteiger partial charge in [-0.2, -0.15) is 8.78 Å². The van der Waals surface area contributed by atoms with Crippen LogP contribution < -0.4 is 20.0 Å². The third-order valence-electron chi connectivity index (χ3n) is 5.27. The Morgan fingerprint density at radius 3 is 2.30 bits per heavy atom. The molecule has 9 nitrogen and oxygen atoms in total. The zero-order valence-corrected chi connectivity index (χ0v) is 17.1. The quantitative estimate of drug-likeness (QED) is 0.571. The van der Waals surface area contributed by atoms with E-state index in [0.29, 0.717) is 0 Å². The SMILES string of the molecule is Cn1cc(C(=O)O)c(=O)c2cc(F)c(N3CCN(c4ncc(F)cn4)CC3)c(OC(F)F)c21. The number of piperazine rings is 1. The van der Waals surface area contributed by atoms with Crippen LogP contribution in [0.2, 0.25) is 0 Å². The number of rotatable bonds is 5. The van der Waals surface area contributed by atoms with Gasteiger partial charge < -0.3 is 24.2 Å². The van der Waals surface area contributed by atoms with Gasteiger partial charge in [-0.05, 0) is 6.07 Å². The van der Waals surface area contributed by atoms with Crippen LogP contribution in [0.4, 0.5) is 29.2 Å². The summed E-state index contributed by atoms with van der Waals surface area (Å²) >= 11 is 0. The first-order valence-corrected chi connectivity index (χ1v) is 9.68. The molecule has 4 rings (SSSR count). The predicted octanol–water partition coefficient (Wildman–Crippen LogP) is 2.23. The number of alkyl halides is 2. The molecule has 0 radical (unpaired) electrons. The van der Waals surface area contributed by atoms with Gasteiger partial charge in [-0.1, -0.05) is 0 Å². The second-order valence-electron chi connectivity index (χ2n) is 7.27. The van der Waals surface area contributed by atoms with Crippen LogP contribution >= 0.6 is 0 Å². The fraction of sp³-hybridized carbons (Fsp3) is 0.300. The van der Waals surface area contributed by atoms with Crippen molar-refractivity contribution in [1.82, 2.24) is 14.5 Å². The molecule has 0 aliphatic carbocycles. The first kappa shape index (κ1) is 22.3. The van der Waals surface area contributed by atoms with Crippen LogP contribution in [-0.2, 0) is 7.05 Å². The molecule has 0 atom stereocenters. The molecule has 0 amide bonds. The number of carbonyl (C=O) groups is 1. The topological polar surface area (TPSA) is 101 Å². The van der Waals surface area contributed by atoms with Crippen molar-refractivity contribution in [2.24, 2.45) is 7.05 Å². The van der Waals surface area contributed by atoms with E-state index >= 15 is 4.39 Å². The van der Waals surface area contributed by atoms with Crippen molar-refractivity contribution in [2.45, 2.75) is 6.61 Å². The second kappa shape index (κ2) is 8.56. The summed E-state index contributed by atoms with van der Waals surface area (Å²) in [6.07, 6.45) is 2.99. The average molecular weight is 467 g/mol. The van der Waals surface area contributed by atoms with E-state index in [1.807, 2.05) is 0 Å². The highest BCUT2D eigenvalue weighted by Crippen LogP contribution is 2.39. The van der Waals surface area contributed by atoms with Crippen molar-refractivity contribution < 1.29 is 32.2 Å². The number of carboxylic acid groups (broad SMARTS) is 1. The van der Waals surface area contributed by atoms with E-state index in [9.17, 15) is 27.9 Å². The molecule has 1 aliphatic rings. The Hall–Kier alpha value is -3.90. The van der Waals surface area contributed by atoms with Crippen LogP contribution in [0.5, 0.6) is 5.75 Å². The van der Waals surface area contributed by atoms with Gasteiger partial charge in [-0.25, -0.2) is 23.5 Å². The zero-order chi connectivity index (χ0) is 23.9. The Bertz CT molecular complexity index is 1270. The smallest absolute Gasteiger partial charge is 0.387 e. The van der Waals surface area contributed by atoms with Gasteiger partial charge in [-0.3, -0.25) is 4.79 Å².